The number of rotatable bonds is 2. The van der Waals surface area contributed by atoms with Crippen LogP contribution in [0.1, 0.15) is 5.82 Å². The first-order chi connectivity index (χ1) is 7.22. The molecular formula is C8H7Br2N5. The van der Waals surface area contributed by atoms with Gasteiger partial charge in [0.1, 0.15) is 0 Å². The second-order valence-electron chi connectivity index (χ2n) is 2.81. The molecule has 0 radical (unpaired) electrons. The lowest BCUT2D eigenvalue weighted by molar-refractivity contribution is 0.758. The zero-order valence-corrected chi connectivity index (χ0v) is 10.7. The van der Waals surface area contributed by atoms with Crippen LogP contribution in [0.3, 0.4) is 0 Å². The first kappa shape index (κ1) is 10.7. The summed E-state index contributed by atoms with van der Waals surface area (Å²) in [6.07, 6.45) is 0. The molecule has 0 aliphatic heterocycles. The minimum Gasteiger partial charge on any atom is -0.324 e. The molecule has 0 saturated carbocycles. The maximum absolute atomic E-state index is 5.53. The Labute approximate surface area is 103 Å². The summed E-state index contributed by atoms with van der Waals surface area (Å²) in [6.45, 7) is 0.298. The first-order valence-corrected chi connectivity index (χ1v) is 5.73. The van der Waals surface area contributed by atoms with E-state index in [1.54, 1.807) is 4.68 Å². The van der Waals surface area contributed by atoms with Gasteiger partial charge in [-0.05, 0) is 44.6 Å². The van der Waals surface area contributed by atoms with Crippen molar-refractivity contribution in [1.29, 1.82) is 0 Å². The third-order valence-corrected chi connectivity index (χ3v) is 3.02. The molecule has 0 saturated heterocycles. The van der Waals surface area contributed by atoms with E-state index in [0.717, 1.165) is 14.6 Å². The number of aromatic nitrogens is 4. The largest absolute Gasteiger partial charge is 0.324 e. The Hall–Kier alpha value is -0.790. The zero-order chi connectivity index (χ0) is 10.8. The Balaban J connectivity index is 2.58. The van der Waals surface area contributed by atoms with Crippen molar-refractivity contribution in [3.05, 3.63) is 33.0 Å². The second-order valence-corrected chi connectivity index (χ2v) is 4.58. The van der Waals surface area contributed by atoms with E-state index < -0.39 is 0 Å². The number of benzene rings is 1. The van der Waals surface area contributed by atoms with Gasteiger partial charge in [-0.15, -0.1) is 5.10 Å². The SMILES string of the molecule is NCc1nnnn1-c1cc(Br)ccc1Br. The molecular weight excluding hydrogens is 326 g/mol. The quantitative estimate of drug-likeness (QED) is 0.907. The summed E-state index contributed by atoms with van der Waals surface area (Å²) in [5.74, 6) is 0.619. The van der Waals surface area contributed by atoms with Crippen LogP contribution in [0.25, 0.3) is 5.69 Å². The maximum Gasteiger partial charge on any atom is 0.170 e. The molecule has 0 amide bonds. The molecule has 0 bridgehead atoms. The van der Waals surface area contributed by atoms with Gasteiger partial charge >= 0.3 is 0 Å². The van der Waals surface area contributed by atoms with Crippen LogP contribution in [-0.2, 0) is 6.54 Å². The van der Waals surface area contributed by atoms with Crippen molar-refractivity contribution in [2.75, 3.05) is 0 Å². The monoisotopic (exact) mass is 331 g/mol. The number of hydrogen-bond acceptors (Lipinski definition) is 4. The zero-order valence-electron chi connectivity index (χ0n) is 7.56. The molecule has 0 atom stereocenters. The normalized spacial score (nSPS) is 10.6. The molecule has 5 nitrogen and oxygen atoms in total. The molecule has 1 aromatic carbocycles. The lowest BCUT2D eigenvalue weighted by Crippen LogP contribution is -2.08. The molecule has 78 valence electrons. The van der Waals surface area contributed by atoms with E-state index in [0.29, 0.717) is 12.4 Å². The molecule has 0 unspecified atom stereocenters. The molecule has 2 aromatic rings. The Morgan fingerprint density at radius 1 is 1.33 bits per heavy atom. The fraction of sp³-hybridized carbons (Fsp3) is 0.125. The molecule has 1 heterocycles. The van der Waals surface area contributed by atoms with Crippen LogP contribution in [-0.4, -0.2) is 20.2 Å². The topological polar surface area (TPSA) is 69.6 Å². The van der Waals surface area contributed by atoms with Gasteiger partial charge < -0.3 is 5.73 Å². The summed E-state index contributed by atoms with van der Waals surface area (Å²) in [5, 5.41) is 11.3. The molecule has 0 aliphatic rings. The fourth-order valence-corrected chi connectivity index (χ4v) is 1.93. The Bertz CT molecular complexity index is 482. The summed E-state index contributed by atoms with van der Waals surface area (Å²) in [6, 6.07) is 5.76. The van der Waals surface area contributed by atoms with Gasteiger partial charge in [-0.3, -0.25) is 0 Å². The highest BCUT2D eigenvalue weighted by Crippen LogP contribution is 2.24. The van der Waals surface area contributed by atoms with Crippen LogP contribution in [0, 0.1) is 0 Å². The number of hydrogen-bond donors (Lipinski definition) is 1. The summed E-state index contributed by atoms with van der Waals surface area (Å²) < 4.78 is 3.47. The van der Waals surface area contributed by atoms with Crippen molar-refractivity contribution in [2.45, 2.75) is 6.54 Å². The predicted molar refractivity (Wildman–Crippen MR) is 62.4 cm³/mol. The van der Waals surface area contributed by atoms with Crippen LogP contribution in [0.2, 0.25) is 0 Å². The number of halogens is 2. The van der Waals surface area contributed by atoms with Crippen LogP contribution in [0.15, 0.2) is 27.1 Å². The smallest absolute Gasteiger partial charge is 0.170 e. The highest BCUT2D eigenvalue weighted by Gasteiger charge is 2.09. The number of tetrazole rings is 1. The Morgan fingerprint density at radius 3 is 2.87 bits per heavy atom. The molecule has 0 spiro atoms. The molecule has 7 heteroatoms. The van der Waals surface area contributed by atoms with Crippen molar-refractivity contribution in [1.82, 2.24) is 20.2 Å². The summed E-state index contributed by atoms with van der Waals surface area (Å²) >= 11 is 6.83. The van der Waals surface area contributed by atoms with Gasteiger partial charge in [-0.25, -0.2) is 0 Å². The van der Waals surface area contributed by atoms with E-state index in [2.05, 4.69) is 47.4 Å². The van der Waals surface area contributed by atoms with Gasteiger partial charge in [0, 0.05) is 8.95 Å². The van der Waals surface area contributed by atoms with Crippen molar-refractivity contribution in [3.8, 4) is 5.69 Å². The summed E-state index contributed by atoms with van der Waals surface area (Å²) in [5.41, 5.74) is 6.39. The van der Waals surface area contributed by atoms with Crippen LogP contribution in [0.5, 0.6) is 0 Å². The van der Waals surface area contributed by atoms with Gasteiger partial charge in [0.25, 0.3) is 0 Å². The average molecular weight is 333 g/mol. The molecule has 2 rings (SSSR count). The highest BCUT2D eigenvalue weighted by atomic mass is 79.9. The average Bonchev–Trinajstić information content (AvgIpc) is 2.69. The van der Waals surface area contributed by atoms with E-state index in [-0.39, 0.29) is 0 Å². The van der Waals surface area contributed by atoms with Crippen LogP contribution < -0.4 is 5.73 Å². The predicted octanol–water partition coefficient (Wildman–Crippen LogP) is 1.65. The Morgan fingerprint density at radius 2 is 2.13 bits per heavy atom. The molecule has 2 N–H and O–H groups in total. The van der Waals surface area contributed by atoms with Gasteiger partial charge in [-0.1, -0.05) is 15.9 Å². The highest BCUT2D eigenvalue weighted by molar-refractivity contribution is 9.11. The summed E-state index contributed by atoms with van der Waals surface area (Å²) in [4.78, 5) is 0. The van der Waals surface area contributed by atoms with Gasteiger partial charge in [0.2, 0.25) is 0 Å². The Kier molecular flexibility index (Phi) is 3.13. The van der Waals surface area contributed by atoms with Gasteiger partial charge in [0.05, 0.1) is 12.2 Å². The van der Waals surface area contributed by atoms with Crippen molar-refractivity contribution in [3.63, 3.8) is 0 Å². The second kappa shape index (κ2) is 4.38. The van der Waals surface area contributed by atoms with E-state index in [1.807, 2.05) is 18.2 Å². The molecule has 1 aromatic heterocycles. The minimum absolute atomic E-state index is 0.298. The van der Waals surface area contributed by atoms with E-state index in [1.165, 1.54) is 0 Å². The fourth-order valence-electron chi connectivity index (χ4n) is 1.17. The van der Waals surface area contributed by atoms with E-state index in [9.17, 15) is 0 Å². The van der Waals surface area contributed by atoms with Crippen LogP contribution in [0.4, 0.5) is 0 Å². The third kappa shape index (κ3) is 2.09. The van der Waals surface area contributed by atoms with E-state index >= 15 is 0 Å². The number of nitrogens with two attached hydrogens (primary N) is 1. The lowest BCUT2D eigenvalue weighted by Gasteiger charge is -2.05. The van der Waals surface area contributed by atoms with Crippen molar-refractivity contribution < 1.29 is 0 Å². The van der Waals surface area contributed by atoms with Crippen LogP contribution >= 0.6 is 31.9 Å². The molecule has 0 aliphatic carbocycles. The first-order valence-electron chi connectivity index (χ1n) is 4.15. The lowest BCUT2D eigenvalue weighted by atomic mass is 10.3. The maximum atomic E-state index is 5.53. The van der Waals surface area contributed by atoms with Crippen molar-refractivity contribution in [2.24, 2.45) is 5.73 Å². The summed E-state index contributed by atoms with van der Waals surface area (Å²) in [7, 11) is 0. The van der Waals surface area contributed by atoms with Gasteiger partial charge in [0.15, 0.2) is 5.82 Å². The molecule has 0 fully saturated rings. The minimum atomic E-state index is 0.298. The number of nitrogens with zero attached hydrogens (tertiary/aromatic N) is 4. The van der Waals surface area contributed by atoms with Gasteiger partial charge in [-0.2, -0.15) is 4.68 Å². The van der Waals surface area contributed by atoms with E-state index in [4.69, 9.17) is 5.73 Å². The standard InChI is InChI=1S/C8H7Br2N5/c9-5-1-2-6(10)7(3-5)15-8(4-11)12-13-14-15/h1-3H,4,11H2. The molecule has 15 heavy (non-hydrogen) atoms. The third-order valence-electron chi connectivity index (χ3n) is 1.85. The van der Waals surface area contributed by atoms with Crippen molar-refractivity contribution >= 4 is 31.9 Å².